The number of benzene rings is 3. The number of hydrogen-bond donors (Lipinski definition) is 1. The van der Waals surface area contributed by atoms with E-state index in [2.05, 4.69) is 10.3 Å². The van der Waals surface area contributed by atoms with Gasteiger partial charge in [0.05, 0.1) is 17.6 Å². The summed E-state index contributed by atoms with van der Waals surface area (Å²) >= 11 is 0. The number of amides is 1. The number of fused-ring (bicyclic) bond motifs is 1. The van der Waals surface area contributed by atoms with E-state index in [1.807, 2.05) is 78.2 Å². The van der Waals surface area contributed by atoms with Gasteiger partial charge in [-0.3, -0.25) is 9.36 Å². The fraction of sp³-hybridized carbons (Fsp3) is 0.0909. The number of nitrogens with zero attached hydrogens (tertiary/aromatic N) is 2. The molecule has 1 N–H and O–H groups in total. The van der Waals surface area contributed by atoms with Gasteiger partial charge < -0.3 is 10.1 Å². The number of carbonyl (C=O) groups excluding carboxylic acids is 1. The molecule has 5 nitrogen and oxygen atoms in total. The van der Waals surface area contributed by atoms with Gasteiger partial charge in [-0.2, -0.15) is 0 Å². The first-order valence-corrected chi connectivity index (χ1v) is 8.81. The molecule has 0 aliphatic rings. The van der Waals surface area contributed by atoms with E-state index in [0.29, 0.717) is 12.2 Å². The monoisotopic (exact) mass is 357 g/mol. The Kier molecular flexibility index (Phi) is 4.58. The normalized spacial score (nSPS) is 10.7. The van der Waals surface area contributed by atoms with Gasteiger partial charge in [0, 0.05) is 16.9 Å². The van der Waals surface area contributed by atoms with E-state index in [-0.39, 0.29) is 5.91 Å². The lowest BCUT2D eigenvalue weighted by Crippen LogP contribution is -2.11. The van der Waals surface area contributed by atoms with Gasteiger partial charge in [0.15, 0.2) is 0 Å². The molecule has 0 spiro atoms. The largest absolute Gasteiger partial charge is 0.494 e. The van der Waals surface area contributed by atoms with Gasteiger partial charge in [-0.1, -0.05) is 18.2 Å². The van der Waals surface area contributed by atoms with Crippen LogP contribution in [0.4, 0.5) is 5.69 Å². The van der Waals surface area contributed by atoms with Crippen LogP contribution in [0.5, 0.6) is 5.75 Å². The SMILES string of the molecule is CCOc1ccc(NC(=O)c2ccc3c(c2)ncn3-c2ccccc2)cc1. The highest BCUT2D eigenvalue weighted by molar-refractivity contribution is 6.06. The van der Waals surface area contributed by atoms with Gasteiger partial charge in [0.2, 0.25) is 0 Å². The summed E-state index contributed by atoms with van der Waals surface area (Å²) in [6.45, 7) is 2.55. The van der Waals surface area contributed by atoms with Crippen molar-refractivity contribution < 1.29 is 9.53 Å². The molecule has 0 bridgehead atoms. The minimum Gasteiger partial charge on any atom is -0.494 e. The Bertz CT molecular complexity index is 1070. The Morgan fingerprint density at radius 1 is 1.04 bits per heavy atom. The maximum atomic E-state index is 12.6. The fourth-order valence-corrected chi connectivity index (χ4v) is 2.95. The number of para-hydroxylation sites is 1. The molecule has 0 saturated heterocycles. The van der Waals surface area contributed by atoms with Crippen LogP contribution in [0.2, 0.25) is 0 Å². The zero-order chi connectivity index (χ0) is 18.6. The van der Waals surface area contributed by atoms with Gasteiger partial charge in [-0.15, -0.1) is 0 Å². The molecule has 0 fully saturated rings. The molecule has 0 atom stereocenters. The highest BCUT2D eigenvalue weighted by Crippen LogP contribution is 2.21. The quantitative estimate of drug-likeness (QED) is 0.564. The van der Waals surface area contributed by atoms with Crippen molar-refractivity contribution in [2.75, 3.05) is 11.9 Å². The summed E-state index contributed by atoms with van der Waals surface area (Å²) in [4.78, 5) is 17.0. The molecule has 0 saturated carbocycles. The van der Waals surface area contributed by atoms with Crippen molar-refractivity contribution in [1.29, 1.82) is 0 Å². The first-order valence-electron chi connectivity index (χ1n) is 8.81. The van der Waals surface area contributed by atoms with Crippen LogP contribution in [0, 0.1) is 0 Å². The highest BCUT2D eigenvalue weighted by Gasteiger charge is 2.10. The molecule has 1 amide bonds. The Hall–Kier alpha value is -3.60. The maximum absolute atomic E-state index is 12.6. The van der Waals surface area contributed by atoms with E-state index in [1.165, 1.54) is 0 Å². The second kappa shape index (κ2) is 7.33. The summed E-state index contributed by atoms with van der Waals surface area (Å²) in [6, 6.07) is 22.9. The summed E-state index contributed by atoms with van der Waals surface area (Å²) in [5, 5.41) is 2.90. The summed E-state index contributed by atoms with van der Waals surface area (Å²) in [5.41, 5.74) is 4.05. The van der Waals surface area contributed by atoms with E-state index in [9.17, 15) is 4.79 Å². The molecule has 1 heterocycles. The third-order valence-electron chi connectivity index (χ3n) is 4.27. The van der Waals surface area contributed by atoms with Crippen LogP contribution in [0.15, 0.2) is 79.1 Å². The summed E-state index contributed by atoms with van der Waals surface area (Å²) < 4.78 is 7.42. The second-order valence-corrected chi connectivity index (χ2v) is 6.07. The molecule has 3 aromatic carbocycles. The summed E-state index contributed by atoms with van der Waals surface area (Å²) in [7, 11) is 0. The zero-order valence-corrected chi connectivity index (χ0v) is 14.9. The van der Waals surface area contributed by atoms with Gasteiger partial charge in [-0.05, 0) is 61.5 Å². The van der Waals surface area contributed by atoms with Gasteiger partial charge in [0.1, 0.15) is 12.1 Å². The number of anilines is 1. The smallest absolute Gasteiger partial charge is 0.255 e. The number of ether oxygens (including phenoxy) is 1. The zero-order valence-electron chi connectivity index (χ0n) is 14.9. The topological polar surface area (TPSA) is 56.1 Å². The highest BCUT2D eigenvalue weighted by atomic mass is 16.5. The number of rotatable bonds is 5. The summed E-state index contributed by atoms with van der Waals surface area (Å²) in [6.07, 6.45) is 1.77. The van der Waals surface area contributed by atoms with Crippen LogP contribution in [0.25, 0.3) is 16.7 Å². The Balaban J connectivity index is 1.56. The number of nitrogens with one attached hydrogen (secondary N) is 1. The molecule has 27 heavy (non-hydrogen) atoms. The maximum Gasteiger partial charge on any atom is 0.255 e. The van der Waals surface area contributed by atoms with Crippen molar-refractivity contribution in [3.63, 3.8) is 0 Å². The van der Waals surface area contributed by atoms with E-state index >= 15 is 0 Å². The molecule has 0 aliphatic carbocycles. The minimum atomic E-state index is -0.171. The molecule has 0 aliphatic heterocycles. The number of hydrogen-bond acceptors (Lipinski definition) is 3. The third kappa shape index (κ3) is 3.53. The predicted octanol–water partition coefficient (Wildman–Crippen LogP) is 4.68. The van der Waals surface area contributed by atoms with Crippen molar-refractivity contribution in [2.45, 2.75) is 6.92 Å². The predicted molar refractivity (Wildman–Crippen MR) is 107 cm³/mol. The first kappa shape index (κ1) is 16.8. The van der Waals surface area contributed by atoms with Crippen LogP contribution >= 0.6 is 0 Å². The van der Waals surface area contributed by atoms with E-state index < -0.39 is 0 Å². The molecule has 134 valence electrons. The lowest BCUT2D eigenvalue weighted by atomic mass is 10.1. The van der Waals surface area contributed by atoms with E-state index in [1.54, 1.807) is 12.4 Å². The van der Waals surface area contributed by atoms with Crippen molar-refractivity contribution in [2.24, 2.45) is 0 Å². The number of imidazole rings is 1. The van der Waals surface area contributed by atoms with Gasteiger partial charge in [-0.25, -0.2) is 4.98 Å². The second-order valence-electron chi connectivity index (χ2n) is 6.07. The Morgan fingerprint density at radius 3 is 2.56 bits per heavy atom. The standard InChI is InChI=1S/C22H19N3O2/c1-2-27-19-11-9-17(10-12-19)24-22(26)16-8-13-21-20(14-16)23-15-25(21)18-6-4-3-5-7-18/h3-15H,2H2,1H3,(H,24,26). The Labute approximate surface area is 157 Å². The average Bonchev–Trinajstić information content (AvgIpc) is 3.13. The average molecular weight is 357 g/mol. The third-order valence-corrected chi connectivity index (χ3v) is 4.27. The minimum absolute atomic E-state index is 0.171. The first-order chi connectivity index (χ1) is 13.2. The van der Waals surface area contributed by atoms with E-state index in [4.69, 9.17) is 4.74 Å². The lowest BCUT2D eigenvalue weighted by Gasteiger charge is -2.08. The molecular formula is C22H19N3O2. The molecule has 5 heteroatoms. The molecule has 1 aromatic heterocycles. The molecule has 4 rings (SSSR count). The van der Waals surface area contributed by atoms with Crippen LogP contribution in [-0.2, 0) is 0 Å². The van der Waals surface area contributed by atoms with Crippen molar-refractivity contribution >= 4 is 22.6 Å². The van der Waals surface area contributed by atoms with Gasteiger partial charge in [0.25, 0.3) is 5.91 Å². The van der Waals surface area contributed by atoms with Crippen molar-refractivity contribution in [1.82, 2.24) is 9.55 Å². The Morgan fingerprint density at radius 2 is 1.81 bits per heavy atom. The van der Waals surface area contributed by atoms with Crippen LogP contribution < -0.4 is 10.1 Å². The van der Waals surface area contributed by atoms with E-state index in [0.717, 1.165) is 28.2 Å². The molecular weight excluding hydrogens is 338 g/mol. The molecule has 4 aromatic rings. The lowest BCUT2D eigenvalue weighted by molar-refractivity contribution is 0.102. The molecule has 0 unspecified atom stereocenters. The fourth-order valence-electron chi connectivity index (χ4n) is 2.95. The number of aromatic nitrogens is 2. The van der Waals surface area contributed by atoms with Gasteiger partial charge >= 0.3 is 0 Å². The molecule has 0 radical (unpaired) electrons. The summed E-state index contributed by atoms with van der Waals surface area (Å²) in [5.74, 6) is 0.610. The van der Waals surface area contributed by atoms with Crippen LogP contribution in [0.3, 0.4) is 0 Å². The van der Waals surface area contributed by atoms with Crippen LogP contribution in [-0.4, -0.2) is 22.1 Å². The van der Waals surface area contributed by atoms with Crippen molar-refractivity contribution in [3.05, 3.63) is 84.7 Å². The van der Waals surface area contributed by atoms with Crippen LogP contribution in [0.1, 0.15) is 17.3 Å². The number of carbonyl (C=O) groups is 1. The van der Waals surface area contributed by atoms with Crippen molar-refractivity contribution in [3.8, 4) is 11.4 Å².